The minimum absolute atomic E-state index is 0.0141. The van der Waals surface area contributed by atoms with Gasteiger partial charge < -0.3 is 18.0 Å². The first-order chi connectivity index (χ1) is 12.1. The lowest BCUT2D eigenvalue weighted by atomic mass is 10.3. The van der Waals surface area contributed by atoms with Gasteiger partial charge >= 0.3 is 8.56 Å². The predicted molar refractivity (Wildman–Crippen MR) is 120 cm³/mol. The maximum absolute atomic E-state index is 12.2. The first kappa shape index (κ1) is 26.3. The molecular formula is C18H40N2O4Si3. The van der Waals surface area contributed by atoms with Gasteiger partial charge in [-0.1, -0.05) is 6.58 Å². The van der Waals surface area contributed by atoms with Crippen LogP contribution in [0, 0.1) is 0 Å². The number of carbonyl (C=O) groups excluding carboxylic acids is 2. The molecule has 6 nitrogen and oxygen atoms in total. The monoisotopic (exact) mass is 432 g/mol. The zero-order valence-electron chi connectivity index (χ0n) is 18.8. The molecule has 0 N–H and O–H groups in total. The lowest BCUT2D eigenvalue weighted by Gasteiger charge is -2.39. The molecule has 0 saturated carbocycles. The van der Waals surface area contributed by atoms with Crippen LogP contribution in [0.1, 0.15) is 12.8 Å². The highest BCUT2D eigenvalue weighted by molar-refractivity contribution is 6.87. The van der Waals surface area contributed by atoms with E-state index in [2.05, 4.69) is 52.4 Å². The van der Waals surface area contributed by atoms with Gasteiger partial charge in [0, 0.05) is 33.6 Å². The summed E-state index contributed by atoms with van der Waals surface area (Å²) >= 11 is 0. The van der Waals surface area contributed by atoms with E-state index in [0.29, 0.717) is 19.5 Å². The molecule has 0 fully saturated rings. The Hall–Kier alpha value is -0.749. The van der Waals surface area contributed by atoms with Crippen LogP contribution in [0.3, 0.4) is 0 Å². The Morgan fingerprint density at radius 1 is 0.926 bits per heavy atom. The van der Waals surface area contributed by atoms with Gasteiger partial charge in [-0.05, 0) is 64.4 Å². The first-order valence-corrected chi connectivity index (χ1v) is 18.9. The molecule has 27 heavy (non-hydrogen) atoms. The van der Waals surface area contributed by atoms with Crippen LogP contribution in [0.4, 0.5) is 0 Å². The van der Waals surface area contributed by atoms with Crippen LogP contribution in [-0.4, -0.2) is 74.0 Å². The molecule has 158 valence electrons. The van der Waals surface area contributed by atoms with Crippen molar-refractivity contribution in [3.8, 4) is 0 Å². The molecule has 0 aliphatic heterocycles. The Morgan fingerprint density at radius 2 is 1.41 bits per heavy atom. The summed E-state index contributed by atoms with van der Waals surface area (Å²) < 4.78 is 13.0. The first-order valence-electron chi connectivity index (χ1n) is 9.60. The predicted octanol–water partition coefficient (Wildman–Crippen LogP) is 3.64. The summed E-state index contributed by atoms with van der Waals surface area (Å²) in [5.41, 5.74) is 0. The van der Waals surface area contributed by atoms with Crippen molar-refractivity contribution < 1.29 is 17.8 Å². The zero-order valence-corrected chi connectivity index (χ0v) is 21.8. The van der Waals surface area contributed by atoms with Crippen LogP contribution in [0.25, 0.3) is 0 Å². The van der Waals surface area contributed by atoms with Crippen LogP contribution in [0.5, 0.6) is 0 Å². The summed E-state index contributed by atoms with van der Waals surface area (Å²) in [5, 5.41) is 0. The number of hydrogen-bond donors (Lipinski definition) is 0. The van der Waals surface area contributed by atoms with Crippen molar-refractivity contribution in [3.05, 3.63) is 12.7 Å². The molecule has 0 aromatic rings. The molecule has 0 heterocycles. The van der Waals surface area contributed by atoms with Crippen LogP contribution in [0.15, 0.2) is 12.7 Å². The Balaban J connectivity index is 4.97. The molecule has 0 aromatic carbocycles. The molecule has 0 aliphatic rings. The third kappa shape index (κ3) is 12.3. The fourth-order valence-electron chi connectivity index (χ4n) is 2.92. The van der Waals surface area contributed by atoms with Gasteiger partial charge in [0.15, 0.2) is 16.6 Å². The largest absolute Gasteiger partial charge is 0.437 e. The molecule has 0 spiro atoms. The van der Waals surface area contributed by atoms with E-state index in [4.69, 9.17) is 8.23 Å². The lowest BCUT2D eigenvalue weighted by molar-refractivity contribution is -0.130. The SMILES string of the molecule is C=CC(=O)N(CCC[Si](C)(O[Si](C)(C)C)O[Si](C)(C)C)CCC(=O)N(C)C. The molecule has 0 aromatic heterocycles. The highest BCUT2D eigenvalue weighted by atomic mass is 28.5. The van der Waals surface area contributed by atoms with Gasteiger partial charge in [-0.25, -0.2) is 0 Å². The van der Waals surface area contributed by atoms with Crippen molar-refractivity contribution in [1.29, 1.82) is 0 Å². The van der Waals surface area contributed by atoms with Gasteiger partial charge in [-0.2, -0.15) is 0 Å². The normalized spacial score (nSPS) is 12.6. The van der Waals surface area contributed by atoms with Gasteiger partial charge in [0.1, 0.15) is 0 Å². The Labute approximate surface area is 169 Å². The molecule has 0 aliphatic carbocycles. The number of rotatable bonds is 12. The standard InChI is InChI=1S/C18H40N2O4Si3/c1-11-17(21)20(15-13-18(22)19(2)3)14-12-16-27(10,23-25(4,5)6)24-26(7,8)9/h11H,1,12-16H2,2-10H3. The molecule has 0 atom stereocenters. The van der Waals surface area contributed by atoms with Gasteiger partial charge in [-0.15, -0.1) is 0 Å². The topological polar surface area (TPSA) is 59.1 Å². The average Bonchev–Trinajstić information content (AvgIpc) is 2.45. The summed E-state index contributed by atoms with van der Waals surface area (Å²) in [6.45, 7) is 19.8. The van der Waals surface area contributed by atoms with Crippen LogP contribution in [0.2, 0.25) is 51.9 Å². The van der Waals surface area contributed by atoms with Crippen molar-refractivity contribution in [1.82, 2.24) is 9.80 Å². The lowest BCUT2D eigenvalue weighted by Crippen LogP contribution is -2.52. The Bertz CT molecular complexity index is 498. The van der Waals surface area contributed by atoms with Crippen LogP contribution < -0.4 is 0 Å². The van der Waals surface area contributed by atoms with Crippen molar-refractivity contribution in [2.45, 2.75) is 64.7 Å². The van der Waals surface area contributed by atoms with E-state index in [1.54, 1.807) is 23.9 Å². The van der Waals surface area contributed by atoms with Crippen LogP contribution >= 0.6 is 0 Å². The van der Waals surface area contributed by atoms with E-state index in [1.165, 1.54) is 6.08 Å². The summed E-state index contributed by atoms with van der Waals surface area (Å²) in [6.07, 6.45) is 2.43. The molecule has 2 amide bonds. The minimum Gasteiger partial charge on any atom is -0.437 e. The molecular weight excluding hydrogens is 392 g/mol. The third-order valence-corrected chi connectivity index (χ3v) is 13.3. The van der Waals surface area contributed by atoms with E-state index in [0.717, 1.165) is 12.5 Å². The minimum atomic E-state index is -2.31. The van der Waals surface area contributed by atoms with E-state index < -0.39 is 25.2 Å². The van der Waals surface area contributed by atoms with Crippen molar-refractivity contribution in [2.24, 2.45) is 0 Å². The van der Waals surface area contributed by atoms with Gasteiger partial charge in [0.25, 0.3) is 0 Å². The Morgan fingerprint density at radius 3 is 1.78 bits per heavy atom. The van der Waals surface area contributed by atoms with Crippen molar-refractivity contribution in [2.75, 3.05) is 27.2 Å². The number of nitrogens with zero attached hydrogens (tertiary/aromatic N) is 2. The smallest absolute Gasteiger partial charge is 0.314 e. The summed E-state index contributed by atoms with van der Waals surface area (Å²) in [5.74, 6) is -0.123. The molecule has 0 radical (unpaired) electrons. The van der Waals surface area contributed by atoms with E-state index in [9.17, 15) is 9.59 Å². The van der Waals surface area contributed by atoms with Gasteiger partial charge in [0.2, 0.25) is 11.8 Å². The second-order valence-corrected chi connectivity index (χ2v) is 22.1. The van der Waals surface area contributed by atoms with Crippen molar-refractivity contribution >= 4 is 37.0 Å². The fourth-order valence-corrected chi connectivity index (χ4v) is 15.4. The van der Waals surface area contributed by atoms with Gasteiger partial charge in [-0.3, -0.25) is 9.59 Å². The summed E-state index contributed by atoms with van der Waals surface area (Å²) in [4.78, 5) is 27.2. The second kappa shape index (κ2) is 10.7. The zero-order chi connectivity index (χ0) is 21.5. The highest BCUT2D eigenvalue weighted by Gasteiger charge is 2.39. The van der Waals surface area contributed by atoms with Gasteiger partial charge in [0.05, 0.1) is 0 Å². The molecule has 0 rings (SSSR count). The van der Waals surface area contributed by atoms with Crippen molar-refractivity contribution in [3.63, 3.8) is 0 Å². The third-order valence-electron chi connectivity index (χ3n) is 3.68. The average molecular weight is 433 g/mol. The quantitative estimate of drug-likeness (QED) is 0.349. The second-order valence-electron chi connectivity index (χ2n) is 9.23. The van der Waals surface area contributed by atoms with E-state index in [1.807, 2.05) is 0 Å². The Kier molecular flexibility index (Phi) is 10.4. The number of hydrogen-bond acceptors (Lipinski definition) is 4. The molecule has 9 heteroatoms. The van der Waals surface area contributed by atoms with E-state index >= 15 is 0 Å². The summed E-state index contributed by atoms with van der Waals surface area (Å²) in [6, 6.07) is 0.837. The molecule has 0 bridgehead atoms. The summed E-state index contributed by atoms with van der Waals surface area (Å²) in [7, 11) is -2.32. The molecule has 0 saturated heterocycles. The fraction of sp³-hybridized carbons (Fsp3) is 0.778. The van der Waals surface area contributed by atoms with Crippen LogP contribution in [-0.2, 0) is 17.8 Å². The number of carbonyl (C=O) groups is 2. The highest BCUT2D eigenvalue weighted by Crippen LogP contribution is 2.25. The number of amides is 2. The maximum Gasteiger partial charge on any atom is 0.314 e. The van der Waals surface area contributed by atoms with E-state index in [-0.39, 0.29) is 11.8 Å². The molecule has 0 unspecified atom stereocenters. The maximum atomic E-state index is 12.2.